The first-order chi connectivity index (χ1) is 8.57. The molecular formula is C13H22ClN3O. The molecule has 1 aliphatic rings. The second-order valence-corrected chi connectivity index (χ2v) is 5.72. The van der Waals surface area contributed by atoms with Crippen molar-refractivity contribution in [3.63, 3.8) is 0 Å². The van der Waals surface area contributed by atoms with Crippen molar-refractivity contribution in [1.29, 1.82) is 0 Å². The maximum Gasteiger partial charge on any atom is 0.0847 e. The van der Waals surface area contributed by atoms with Gasteiger partial charge in [0.15, 0.2) is 0 Å². The van der Waals surface area contributed by atoms with Crippen LogP contribution in [0.3, 0.4) is 0 Å². The maximum absolute atomic E-state index is 9.76. The van der Waals surface area contributed by atoms with E-state index in [1.807, 2.05) is 18.5 Å². The summed E-state index contributed by atoms with van der Waals surface area (Å²) in [6.07, 6.45) is 3.04. The van der Waals surface area contributed by atoms with E-state index < -0.39 is 0 Å². The van der Waals surface area contributed by atoms with Crippen LogP contribution in [-0.2, 0) is 13.0 Å². The Morgan fingerprint density at radius 3 is 2.67 bits per heavy atom. The number of aliphatic hydroxyl groups excluding tert-OH is 1. The molecule has 3 N–H and O–H groups in total. The average Bonchev–Trinajstić information content (AvgIpc) is 3.19. The number of hydrogen-bond acceptors (Lipinski definition) is 3. The first-order valence-corrected chi connectivity index (χ1v) is 6.98. The summed E-state index contributed by atoms with van der Waals surface area (Å²) in [5.41, 5.74) is 7.58. The number of rotatable bonds is 6. The summed E-state index contributed by atoms with van der Waals surface area (Å²) in [5, 5.41) is 14.9. The lowest BCUT2D eigenvalue weighted by Crippen LogP contribution is -2.39. The molecule has 1 saturated carbocycles. The van der Waals surface area contributed by atoms with Crippen LogP contribution in [-0.4, -0.2) is 28.0 Å². The van der Waals surface area contributed by atoms with Gasteiger partial charge in [-0.1, -0.05) is 11.6 Å². The minimum Gasteiger partial charge on any atom is -0.396 e. The van der Waals surface area contributed by atoms with Crippen molar-refractivity contribution < 1.29 is 5.11 Å². The van der Waals surface area contributed by atoms with Crippen molar-refractivity contribution in [1.82, 2.24) is 9.78 Å². The van der Waals surface area contributed by atoms with E-state index in [4.69, 9.17) is 17.3 Å². The summed E-state index contributed by atoms with van der Waals surface area (Å²) >= 11 is 6.33. The molecule has 0 bridgehead atoms. The Morgan fingerprint density at radius 1 is 1.56 bits per heavy atom. The lowest BCUT2D eigenvalue weighted by atomic mass is 9.79. The molecule has 1 heterocycles. The number of halogens is 1. The summed E-state index contributed by atoms with van der Waals surface area (Å²) in [6.45, 7) is 5.38. The van der Waals surface area contributed by atoms with E-state index in [2.05, 4.69) is 5.10 Å². The zero-order chi connectivity index (χ0) is 13.3. The van der Waals surface area contributed by atoms with Crippen LogP contribution in [0.4, 0.5) is 0 Å². The van der Waals surface area contributed by atoms with Gasteiger partial charge < -0.3 is 10.8 Å². The lowest BCUT2D eigenvalue weighted by Gasteiger charge is -2.31. The molecule has 1 aliphatic carbocycles. The van der Waals surface area contributed by atoms with Gasteiger partial charge in [0, 0.05) is 24.9 Å². The normalized spacial score (nSPS) is 18.9. The van der Waals surface area contributed by atoms with Gasteiger partial charge in [-0.3, -0.25) is 4.68 Å². The Labute approximate surface area is 113 Å². The van der Waals surface area contributed by atoms with Gasteiger partial charge in [-0.25, -0.2) is 0 Å². The number of aryl methyl sites for hydroxylation is 2. The third-order valence-electron chi connectivity index (χ3n) is 4.14. The van der Waals surface area contributed by atoms with E-state index in [9.17, 15) is 5.11 Å². The number of hydrogen-bond donors (Lipinski definition) is 2. The lowest BCUT2D eigenvalue weighted by molar-refractivity contribution is 0.106. The van der Waals surface area contributed by atoms with E-state index in [0.717, 1.165) is 42.2 Å². The van der Waals surface area contributed by atoms with E-state index in [0.29, 0.717) is 12.5 Å². The highest BCUT2D eigenvalue weighted by Crippen LogP contribution is 2.47. The number of nitrogens with zero attached hydrogens (tertiary/aromatic N) is 2. The molecule has 0 saturated heterocycles. The number of aromatic nitrogens is 2. The van der Waals surface area contributed by atoms with Crippen LogP contribution in [0.1, 0.15) is 31.2 Å². The predicted octanol–water partition coefficient (Wildman–Crippen LogP) is 1.75. The maximum atomic E-state index is 9.76. The van der Waals surface area contributed by atoms with Gasteiger partial charge in [0.25, 0.3) is 0 Å². The van der Waals surface area contributed by atoms with Crippen LogP contribution in [0.25, 0.3) is 0 Å². The van der Waals surface area contributed by atoms with Gasteiger partial charge in [0.05, 0.1) is 23.0 Å². The van der Waals surface area contributed by atoms with Gasteiger partial charge in [0.2, 0.25) is 0 Å². The summed E-state index contributed by atoms with van der Waals surface area (Å²) < 4.78 is 1.93. The van der Waals surface area contributed by atoms with Crippen LogP contribution in [0.5, 0.6) is 0 Å². The van der Waals surface area contributed by atoms with E-state index in [1.54, 1.807) is 0 Å². The fourth-order valence-electron chi connectivity index (χ4n) is 2.70. The zero-order valence-electron chi connectivity index (χ0n) is 11.1. The van der Waals surface area contributed by atoms with Crippen LogP contribution >= 0.6 is 11.6 Å². The molecule has 0 radical (unpaired) electrons. The molecular weight excluding hydrogens is 250 g/mol. The Hall–Kier alpha value is -0.580. The van der Waals surface area contributed by atoms with E-state index in [-0.39, 0.29) is 12.0 Å². The zero-order valence-corrected chi connectivity index (χ0v) is 11.9. The molecule has 1 fully saturated rings. The molecule has 1 atom stereocenters. The topological polar surface area (TPSA) is 64.1 Å². The van der Waals surface area contributed by atoms with Crippen LogP contribution in [0.15, 0.2) is 0 Å². The van der Waals surface area contributed by atoms with Crippen molar-refractivity contribution in [2.24, 2.45) is 17.1 Å². The molecule has 2 rings (SSSR count). The highest BCUT2D eigenvalue weighted by molar-refractivity contribution is 6.31. The highest BCUT2D eigenvalue weighted by Gasteiger charge is 2.44. The quantitative estimate of drug-likeness (QED) is 0.829. The van der Waals surface area contributed by atoms with Crippen LogP contribution in [0.2, 0.25) is 5.02 Å². The summed E-state index contributed by atoms with van der Waals surface area (Å²) in [7, 11) is 0. The SMILES string of the molecule is CCn1nc(C)c(Cl)c1CC(CN)(CO)C1CC1. The van der Waals surface area contributed by atoms with Gasteiger partial charge in [-0.2, -0.15) is 5.10 Å². The van der Waals surface area contributed by atoms with Gasteiger partial charge >= 0.3 is 0 Å². The molecule has 0 amide bonds. The minimum atomic E-state index is -0.219. The van der Waals surface area contributed by atoms with Crippen molar-refractivity contribution >= 4 is 11.6 Å². The van der Waals surface area contributed by atoms with Crippen molar-refractivity contribution in [3.8, 4) is 0 Å². The van der Waals surface area contributed by atoms with Gasteiger partial charge in [-0.05, 0) is 32.6 Å². The molecule has 0 spiro atoms. The molecule has 1 aromatic heterocycles. The molecule has 102 valence electrons. The Morgan fingerprint density at radius 2 is 2.22 bits per heavy atom. The Balaban J connectivity index is 2.31. The van der Waals surface area contributed by atoms with E-state index >= 15 is 0 Å². The molecule has 0 aliphatic heterocycles. The van der Waals surface area contributed by atoms with E-state index in [1.165, 1.54) is 0 Å². The monoisotopic (exact) mass is 271 g/mol. The smallest absolute Gasteiger partial charge is 0.0847 e. The van der Waals surface area contributed by atoms with Gasteiger partial charge in [-0.15, -0.1) is 0 Å². The molecule has 5 heteroatoms. The average molecular weight is 272 g/mol. The standard InChI is InChI=1S/C13H22ClN3O/c1-3-17-11(12(14)9(2)16-17)6-13(7-15,8-18)10-4-5-10/h10,18H,3-8,15H2,1-2H3. The third kappa shape index (κ3) is 2.29. The van der Waals surface area contributed by atoms with Crippen LogP contribution < -0.4 is 5.73 Å². The molecule has 18 heavy (non-hydrogen) atoms. The summed E-state index contributed by atoms with van der Waals surface area (Å²) in [4.78, 5) is 0. The summed E-state index contributed by atoms with van der Waals surface area (Å²) in [6, 6.07) is 0. The number of nitrogens with two attached hydrogens (primary N) is 1. The second kappa shape index (κ2) is 5.19. The molecule has 0 aromatic carbocycles. The first kappa shape index (κ1) is 13.8. The van der Waals surface area contributed by atoms with Gasteiger partial charge in [0.1, 0.15) is 0 Å². The Kier molecular flexibility index (Phi) is 3.99. The molecule has 4 nitrogen and oxygen atoms in total. The summed E-state index contributed by atoms with van der Waals surface area (Å²) in [5.74, 6) is 0.532. The second-order valence-electron chi connectivity index (χ2n) is 5.34. The minimum absolute atomic E-state index is 0.123. The largest absolute Gasteiger partial charge is 0.396 e. The van der Waals surface area contributed by atoms with Crippen molar-refractivity contribution in [3.05, 3.63) is 16.4 Å². The van der Waals surface area contributed by atoms with Crippen LogP contribution in [0, 0.1) is 18.3 Å². The number of aliphatic hydroxyl groups is 1. The molecule has 1 aromatic rings. The molecule has 1 unspecified atom stereocenters. The highest BCUT2D eigenvalue weighted by atomic mass is 35.5. The fraction of sp³-hybridized carbons (Fsp3) is 0.769. The predicted molar refractivity (Wildman–Crippen MR) is 72.6 cm³/mol. The fourth-order valence-corrected chi connectivity index (χ4v) is 2.90. The Bertz CT molecular complexity index is 422. The van der Waals surface area contributed by atoms with Crippen molar-refractivity contribution in [2.45, 2.75) is 39.7 Å². The van der Waals surface area contributed by atoms with Crippen molar-refractivity contribution in [2.75, 3.05) is 13.2 Å². The third-order valence-corrected chi connectivity index (χ3v) is 4.63. The first-order valence-electron chi connectivity index (χ1n) is 6.60.